The summed E-state index contributed by atoms with van der Waals surface area (Å²) < 4.78 is 11.1. The number of nitrogens with zero attached hydrogens (tertiary/aromatic N) is 3. The second-order valence-corrected chi connectivity index (χ2v) is 7.76. The lowest BCUT2D eigenvalue weighted by atomic mass is 10.3. The number of methoxy groups -OCH3 is 2. The molecule has 4 rings (SSSR count). The highest BCUT2D eigenvalue weighted by molar-refractivity contribution is 7.20. The van der Waals surface area contributed by atoms with E-state index in [1.54, 1.807) is 6.07 Å². The molecule has 4 aromatic heterocycles. The zero-order valence-electron chi connectivity index (χ0n) is 15.4. The van der Waals surface area contributed by atoms with E-state index in [0.717, 1.165) is 31.8 Å². The average Bonchev–Trinajstić information content (AvgIpc) is 3.40. The van der Waals surface area contributed by atoms with Gasteiger partial charge in [-0.15, -0.1) is 22.7 Å². The van der Waals surface area contributed by atoms with Gasteiger partial charge < -0.3 is 9.47 Å². The fourth-order valence-corrected chi connectivity index (χ4v) is 4.43. The van der Waals surface area contributed by atoms with E-state index in [2.05, 4.69) is 24.8 Å². The molecule has 0 aliphatic carbocycles. The highest BCUT2D eigenvalue weighted by Crippen LogP contribution is 2.27. The molecule has 142 valence electrons. The molecule has 27 heavy (non-hydrogen) atoms. The minimum atomic E-state index is -0.303. The Kier molecular flexibility index (Phi) is 5.29. The molecule has 4 heterocycles. The van der Waals surface area contributed by atoms with Crippen molar-refractivity contribution >= 4 is 55.0 Å². The lowest BCUT2D eigenvalue weighted by Crippen LogP contribution is -1.97. The number of carbonyl (C=O) groups is 2. The van der Waals surface area contributed by atoms with Gasteiger partial charge in [-0.1, -0.05) is 0 Å². The topological polar surface area (TPSA) is 99.1 Å². The smallest absolute Gasteiger partial charge is 0.348 e. The van der Waals surface area contributed by atoms with E-state index in [0.29, 0.717) is 9.75 Å². The van der Waals surface area contributed by atoms with Crippen LogP contribution in [0.1, 0.15) is 30.7 Å². The number of fused-ring (bicyclic) bond motifs is 2. The van der Waals surface area contributed by atoms with Gasteiger partial charge >= 0.3 is 11.9 Å². The Morgan fingerprint density at radius 3 is 2.07 bits per heavy atom. The number of aromatic nitrogens is 4. The number of esters is 2. The molecule has 8 nitrogen and oxygen atoms in total. The number of rotatable bonds is 2. The average molecular weight is 406 g/mol. The molecule has 0 amide bonds. The predicted octanol–water partition coefficient (Wildman–Crippen LogP) is 3.45. The maximum absolute atomic E-state index is 11.2. The Bertz CT molecular complexity index is 1140. The van der Waals surface area contributed by atoms with E-state index in [1.807, 2.05) is 31.6 Å². The van der Waals surface area contributed by atoms with E-state index in [9.17, 15) is 9.59 Å². The molecule has 0 fully saturated rings. The maximum atomic E-state index is 11.2. The van der Waals surface area contributed by atoms with Crippen LogP contribution in [-0.4, -0.2) is 46.1 Å². The molecule has 0 unspecified atom stereocenters. The van der Waals surface area contributed by atoms with E-state index in [-0.39, 0.29) is 11.9 Å². The van der Waals surface area contributed by atoms with Crippen LogP contribution in [0.4, 0.5) is 0 Å². The number of thiophene rings is 2. The van der Waals surface area contributed by atoms with Crippen molar-refractivity contribution in [2.45, 2.75) is 13.8 Å². The monoisotopic (exact) mass is 406 g/mol. The van der Waals surface area contributed by atoms with Crippen molar-refractivity contribution in [3.63, 3.8) is 0 Å². The minimum Gasteiger partial charge on any atom is -0.465 e. The summed E-state index contributed by atoms with van der Waals surface area (Å²) in [4.78, 5) is 25.3. The summed E-state index contributed by atoms with van der Waals surface area (Å²) in [6.07, 6.45) is 0. The van der Waals surface area contributed by atoms with Gasteiger partial charge in [-0.3, -0.25) is 9.78 Å². The zero-order valence-corrected chi connectivity index (χ0v) is 17.1. The first-order valence-corrected chi connectivity index (χ1v) is 9.53. The SMILES string of the molecule is COC(=O)c1cc2c(C)[nH]nc2s1.COC(=O)c1cc2c(C)n(C)nc2s1. The van der Waals surface area contributed by atoms with E-state index in [4.69, 9.17) is 0 Å². The highest BCUT2D eigenvalue weighted by atomic mass is 32.1. The number of nitrogens with one attached hydrogen (secondary N) is 1. The van der Waals surface area contributed by atoms with Crippen LogP contribution >= 0.6 is 22.7 Å². The van der Waals surface area contributed by atoms with Gasteiger partial charge in [0.15, 0.2) is 0 Å². The summed E-state index contributed by atoms with van der Waals surface area (Å²) in [5.74, 6) is -0.600. The van der Waals surface area contributed by atoms with Crippen LogP contribution in [0.3, 0.4) is 0 Å². The Hall–Kier alpha value is -2.72. The molecule has 1 N–H and O–H groups in total. The van der Waals surface area contributed by atoms with Gasteiger partial charge in [-0.05, 0) is 26.0 Å². The number of ether oxygens (including phenoxy) is 2. The number of aryl methyl sites for hydroxylation is 3. The minimum absolute atomic E-state index is 0.296. The van der Waals surface area contributed by atoms with Gasteiger partial charge in [-0.25, -0.2) is 9.59 Å². The van der Waals surface area contributed by atoms with Crippen LogP contribution in [0, 0.1) is 13.8 Å². The zero-order chi connectivity index (χ0) is 19.7. The molecule has 0 aliphatic heterocycles. The van der Waals surface area contributed by atoms with Crippen LogP contribution in [0.2, 0.25) is 0 Å². The van der Waals surface area contributed by atoms with E-state index >= 15 is 0 Å². The third-order valence-corrected chi connectivity index (χ3v) is 6.05. The van der Waals surface area contributed by atoms with Crippen molar-refractivity contribution in [3.05, 3.63) is 33.3 Å². The summed E-state index contributed by atoms with van der Waals surface area (Å²) in [6, 6.07) is 3.62. The van der Waals surface area contributed by atoms with Crippen LogP contribution in [0.15, 0.2) is 12.1 Å². The fraction of sp³-hybridized carbons (Fsp3) is 0.294. The molecule has 0 saturated carbocycles. The molecular weight excluding hydrogens is 388 g/mol. The molecule has 0 radical (unpaired) electrons. The second-order valence-electron chi connectivity index (χ2n) is 5.70. The Labute approximate surface area is 162 Å². The number of aromatic amines is 1. The van der Waals surface area contributed by atoms with Crippen LogP contribution in [0.25, 0.3) is 20.4 Å². The summed E-state index contributed by atoms with van der Waals surface area (Å²) in [5, 5.41) is 13.2. The van der Waals surface area contributed by atoms with Crippen molar-refractivity contribution in [1.82, 2.24) is 20.0 Å². The molecular formula is C17H18N4O4S2. The normalized spacial score (nSPS) is 10.7. The second kappa shape index (κ2) is 7.49. The third-order valence-electron chi connectivity index (χ3n) is 4.04. The Morgan fingerprint density at radius 2 is 1.56 bits per heavy atom. The first-order chi connectivity index (χ1) is 12.8. The molecule has 0 aromatic carbocycles. The van der Waals surface area contributed by atoms with Gasteiger partial charge in [0.2, 0.25) is 0 Å². The number of hydrogen-bond donors (Lipinski definition) is 1. The lowest BCUT2D eigenvalue weighted by molar-refractivity contribution is 0.0597. The van der Waals surface area contributed by atoms with Crippen molar-refractivity contribution in [1.29, 1.82) is 0 Å². The van der Waals surface area contributed by atoms with Crippen molar-refractivity contribution in [2.75, 3.05) is 14.2 Å². The number of H-pyrrole nitrogens is 1. The lowest BCUT2D eigenvalue weighted by Gasteiger charge is -1.93. The van der Waals surface area contributed by atoms with Crippen LogP contribution in [0.5, 0.6) is 0 Å². The van der Waals surface area contributed by atoms with Gasteiger partial charge in [0.1, 0.15) is 19.4 Å². The summed E-state index contributed by atoms with van der Waals surface area (Å²) in [6.45, 7) is 3.90. The van der Waals surface area contributed by atoms with Crippen LogP contribution < -0.4 is 0 Å². The molecule has 0 bridgehead atoms. The summed E-state index contributed by atoms with van der Waals surface area (Å²) >= 11 is 2.69. The highest BCUT2D eigenvalue weighted by Gasteiger charge is 2.15. The van der Waals surface area contributed by atoms with E-state index in [1.165, 1.54) is 36.9 Å². The van der Waals surface area contributed by atoms with Crippen LogP contribution in [-0.2, 0) is 16.5 Å². The molecule has 10 heteroatoms. The third kappa shape index (κ3) is 3.58. The first-order valence-electron chi connectivity index (χ1n) is 7.90. The predicted molar refractivity (Wildman–Crippen MR) is 105 cm³/mol. The van der Waals surface area contributed by atoms with Gasteiger partial charge in [0.05, 0.1) is 14.2 Å². The standard InChI is InChI=1S/C9H10N2O2S.C8H8N2O2S/c1-5-6-4-7(9(12)13-3)14-8(6)10-11(5)2;1-4-5-3-6(8(11)12-2)13-7(5)10-9-4/h4H,1-3H3;3H,1-2H3,(H,9,10). The fourth-order valence-electron chi connectivity index (χ4n) is 2.43. The Morgan fingerprint density at radius 1 is 1.00 bits per heavy atom. The van der Waals surface area contributed by atoms with Crippen molar-refractivity contribution in [2.24, 2.45) is 7.05 Å². The number of hydrogen-bond acceptors (Lipinski definition) is 8. The number of carbonyl (C=O) groups excluding carboxylic acids is 2. The Balaban J connectivity index is 0.000000156. The maximum Gasteiger partial charge on any atom is 0.348 e. The van der Waals surface area contributed by atoms with E-state index < -0.39 is 0 Å². The molecule has 0 atom stereocenters. The van der Waals surface area contributed by atoms with Gasteiger partial charge in [0, 0.05) is 29.2 Å². The summed E-state index contributed by atoms with van der Waals surface area (Å²) in [5.41, 5.74) is 2.04. The van der Waals surface area contributed by atoms with Gasteiger partial charge in [0.25, 0.3) is 0 Å². The largest absolute Gasteiger partial charge is 0.465 e. The molecule has 0 spiro atoms. The van der Waals surface area contributed by atoms with Crippen molar-refractivity contribution in [3.8, 4) is 0 Å². The van der Waals surface area contributed by atoms with Gasteiger partial charge in [-0.2, -0.15) is 10.2 Å². The quantitative estimate of drug-likeness (QED) is 0.512. The summed E-state index contributed by atoms with van der Waals surface area (Å²) in [7, 11) is 4.64. The molecule has 4 aromatic rings. The molecule has 0 aliphatic rings. The van der Waals surface area contributed by atoms with Crippen molar-refractivity contribution < 1.29 is 19.1 Å². The first kappa shape index (κ1) is 19.1. The molecule has 0 saturated heterocycles.